The molecule has 0 saturated carbocycles. The number of nitrogens with zero attached hydrogens (tertiary/aromatic N) is 1. The molecule has 2 N–H and O–H groups in total. The predicted octanol–water partition coefficient (Wildman–Crippen LogP) is 4.21. The van der Waals surface area contributed by atoms with Crippen LogP contribution in [-0.2, 0) is 0 Å². The molecule has 0 saturated heterocycles. The Morgan fingerprint density at radius 1 is 1.40 bits per heavy atom. The summed E-state index contributed by atoms with van der Waals surface area (Å²) in [5, 5.41) is 0. The number of carbonyl (C=O) groups excluding carboxylic acids is 1. The maximum absolute atomic E-state index is 13.4. The van der Waals surface area contributed by atoms with E-state index in [1.165, 1.54) is 12.1 Å². The SMILES string of the molecule is CCCCCN(C(=O)c1cc(N)c(F)cc1Br)C(C)C. The highest BCUT2D eigenvalue weighted by molar-refractivity contribution is 9.10. The van der Waals surface area contributed by atoms with Crippen LogP contribution in [0.2, 0.25) is 0 Å². The van der Waals surface area contributed by atoms with Crippen molar-refractivity contribution >= 4 is 27.5 Å². The van der Waals surface area contributed by atoms with Crippen LogP contribution in [0, 0.1) is 5.82 Å². The highest BCUT2D eigenvalue weighted by Crippen LogP contribution is 2.25. The van der Waals surface area contributed by atoms with E-state index < -0.39 is 5.82 Å². The van der Waals surface area contributed by atoms with Gasteiger partial charge in [0.25, 0.3) is 5.91 Å². The van der Waals surface area contributed by atoms with Gasteiger partial charge in [0.2, 0.25) is 0 Å². The Balaban J connectivity index is 2.97. The average molecular weight is 345 g/mol. The molecule has 0 aliphatic rings. The Bertz CT molecular complexity index is 477. The number of rotatable bonds is 6. The van der Waals surface area contributed by atoms with Crippen LogP contribution in [-0.4, -0.2) is 23.4 Å². The molecule has 0 radical (unpaired) electrons. The van der Waals surface area contributed by atoms with Gasteiger partial charge in [-0.2, -0.15) is 0 Å². The zero-order valence-electron chi connectivity index (χ0n) is 12.2. The van der Waals surface area contributed by atoms with Gasteiger partial charge in [-0.15, -0.1) is 0 Å². The zero-order chi connectivity index (χ0) is 15.3. The van der Waals surface area contributed by atoms with Gasteiger partial charge in [0.05, 0.1) is 11.3 Å². The van der Waals surface area contributed by atoms with E-state index >= 15 is 0 Å². The lowest BCUT2D eigenvalue weighted by Crippen LogP contribution is -2.38. The van der Waals surface area contributed by atoms with E-state index in [0.717, 1.165) is 19.3 Å². The number of halogens is 2. The largest absolute Gasteiger partial charge is 0.396 e. The summed E-state index contributed by atoms with van der Waals surface area (Å²) in [6, 6.07) is 2.74. The molecule has 20 heavy (non-hydrogen) atoms. The van der Waals surface area contributed by atoms with Gasteiger partial charge in [-0.1, -0.05) is 19.8 Å². The van der Waals surface area contributed by atoms with Crippen LogP contribution < -0.4 is 5.73 Å². The first-order valence-electron chi connectivity index (χ1n) is 6.94. The van der Waals surface area contributed by atoms with Crippen LogP contribution in [0.5, 0.6) is 0 Å². The second-order valence-corrected chi connectivity index (χ2v) is 6.01. The minimum Gasteiger partial charge on any atom is -0.396 e. The van der Waals surface area contributed by atoms with Gasteiger partial charge < -0.3 is 10.6 Å². The van der Waals surface area contributed by atoms with Crippen LogP contribution in [0.1, 0.15) is 50.4 Å². The Morgan fingerprint density at radius 3 is 2.60 bits per heavy atom. The van der Waals surface area contributed by atoms with E-state index in [9.17, 15) is 9.18 Å². The first-order chi connectivity index (χ1) is 9.38. The Kier molecular flexibility index (Phi) is 6.46. The summed E-state index contributed by atoms with van der Waals surface area (Å²) in [6.07, 6.45) is 3.16. The number of nitrogens with two attached hydrogens (primary N) is 1. The Morgan fingerprint density at radius 2 is 2.05 bits per heavy atom. The third kappa shape index (κ3) is 4.20. The normalized spacial score (nSPS) is 10.9. The summed E-state index contributed by atoms with van der Waals surface area (Å²) in [4.78, 5) is 14.4. The van der Waals surface area contributed by atoms with Crippen LogP contribution in [0.15, 0.2) is 16.6 Å². The van der Waals surface area contributed by atoms with Gasteiger partial charge in [0, 0.05) is 17.1 Å². The van der Waals surface area contributed by atoms with E-state index in [1.54, 1.807) is 4.90 Å². The van der Waals surface area contributed by atoms with Crippen LogP contribution >= 0.6 is 15.9 Å². The molecule has 1 aromatic rings. The second-order valence-electron chi connectivity index (χ2n) is 5.15. The summed E-state index contributed by atoms with van der Waals surface area (Å²) in [7, 11) is 0. The molecule has 112 valence electrons. The first kappa shape index (κ1) is 17.0. The maximum Gasteiger partial charge on any atom is 0.255 e. The van der Waals surface area contributed by atoms with Gasteiger partial charge in [0.1, 0.15) is 5.82 Å². The second kappa shape index (κ2) is 7.62. The first-order valence-corrected chi connectivity index (χ1v) is 7.73. The summed E-state index contributed by atoms with van der Waals surface area (Å²) in [5.74, 6) is -0.634. The Hall–Kier alpha value is -1.10. The highest BCUT2D eigenvalue weighted by Gasteiger charge is 2.21. The summed E-state index contributed by atoms with van der Waals surface area (Å²) in [6.45, 7) is 6.78. The number of carbonyl (C=O) groups is 1. The summed E-state index contributed by atoms with van der Waals surface area (Å²) < 4.78 is 13.8. The van der Waals surface area contributed by atoms with E-state index in [1.807, 2.05) is 13.8 Å². The van der Waals surface area contributed by atoms with Gasteiger partial charge in [-0.3, -0.25) is 4.79 Å². The van der Waals surface area contributed by atoms with Crippen molar-refractivity contribution in [1.82, 2.24) is 4.90 Å². The lowest BCUT2D eigenvalue weighted by molar-refractivity contribution is 0.0701. The van der Waals surface area contributed by atoms with Gasteiger partial charge in [-0.25, -0.2) is 4.39 Å². The van der Waals surface area contributed by atoms with Crippen LogP contribution in [0.4, 0.5) is 10.1 Å². The van der Waals surface area contributed by atoms with Crippen molar-refractivity contribution in [3.8, 4) is 0 Å². The molecule has 1 amide bonds. The lowest BCUT2D eigenvalue weighted by atomic mass is 10.1. The number of hydrogen-bond donors (Lipinski definition) is 1. The monoisotopic (exact) mass is 344 g/mol. The number of benzene rings is 1. The molecule has 1 rings (SSSR count). The van der Waals surface area contributed by atoms with Crippen molar-refractivity contribution < 1.29 is 9.18 Å². The minimum atomic E-state index is -0.518. The molecular weight excluding hydrogens is 323 g/mol. The van der Waals surface area contributed by atoms with Gasteiger partial charge in [-0.05, 0) is 48.3 Å². The minimum absolute atomic E-state index is 0.00573. The molecular formula is C15H22BrFN2O. The molecule has 0 aliphatic carbocycles. The van der Waals surface area contributed by atoms with E-state index in [4.69, 9.17) is 5.73 Å². The van der Waals surface area contributed by atoms with Crippen molar-refractivity contribution in [3.63, 3.8) is 0 Å². The number of amides is 1. The number of unbranched alkanes of at least 4 members (excludes halogenated alkanes) is 2. The molecule has 0 heterocycles. The highest BCUT2D eigenvalue weighted by atomic mass is 79.9. The van der Waals surface area contributed by atoms with Gasteiger partial charge >= 0.3 is 0 Å². The van der Waals surface area contributed by atoms with Crippen molar-refractivity contribution in [3.05, 3.63) is 28.0 Å². The average Bonchev–Trinajstić information content (AvgIpc) is 2.38. The van der Waals surface area contributed by atoms with Crippen LogP contribution in [0.25, 0.3) is 0 Å². The fraction of sp³-hybridized carbons (Fsp3) is 0.533. The van der Waals surface area contributed by atoms with E-state index in [0.29, 0.717) is 16.6 Å². The summed E-state index contributed by atoms with van der Waals surface area (Å²) >= 11 is 3.24. The molecule has 0 fully saturated rings. The number of anilines is 1. The predicted molar refractivity (Wildman–Crippen MR) is 84.2 cm³/mol. The van der Waals surface area contributed by atoms with Crippen molar-refractivity contribution in [2.45, 2.75) is 46.1 Å². The van der Waals surface area contributed by atoms with Crippen LogP contribution in [0.3, 0.4) is 0 Å². The van der Waals surface area contributed by atoms with E-state index in [-0.39, 0.29) is 17.6 Å². The molecule has 0 atom stereocenters. The molecule has 3 nitrogen and oxygen atoms in total. The lowest BCUT2D eigenvalue weighted by Gasteiger charge is -2.27. The molecule has 0 spiro atoms. The quantitative estimate of drug-likeness (QED) is 0.620. The van der Waals surface area contributed by atoms with Gasteiger partial charge in [0.15, 0.2) is 0 Å². The Labute approximate surface area is 128 Å². The summed E-state index contributed by atoms with van der Waals surface area (Å²) in [5.41, 5.74) is 5.96. The smallest absolute Gasteiger partial charge is 0.255 e. The molecule has 0 aliphatic heterocycles. The number of nitrogen functional groups attached to an aromatic ring is 1. The van der Waals surface area contributed by atoms with Crippen molar-refractivity contribution in [2.75, 3.05) is 12.3 Å². The molecule has 0 aromatic heterocycles. The maximum atomic E-state index is 13.4. The zero-order valence-corrected chi connectivity index (χ0v) is 13.8. The third-order valence-corrected chi connectivity index (χ3v) is 3.86. The standard InChI is InChI=1S/C15H22BrFN2O/c1-4-5-6-7-19(10(2)3)15(20)11-8-14(18)13(17)9-12(11)16/h8-10H,4-7,18H2,1-3H3. The van der Waals surface area contributed by atoms with Crippen molar-refractivity contribution in [1.29, 1.82) is 0 Å². The molecule has 1 aromatic carbocycles. The fourth-order valence-electron chi connectivity index (χ4n) is 2.01. The number of hydrogen-bond acceptors (Lipinski definition) is 2. The fourth-order valence-corrected chi connectivity index (χ4v) is 2.50. The molecule has 0 unspecified atom stereocenters. The van der Waals surface area contributed by atoms with E-state index in [2.05, 4.69) is 22.9 Å². The molecule has 5 heteroatoms. The third-order valence-electron chi connectivity index (χ3n) is 3.20. The van der Waals surface area contributed by atoms with Crippen molar-refractivity contribution in [2.24, 2.45) is 0 Å². The topological polar surface area (TPSA) is 46.3 Å². The molecule has 0 bridgehead atoms.